The van der Waals surface area contributed by atoms with Crippen molar-refractivity contribution in [3.8, 4) is 0 Å². The molecule has 19 heavy (non-hydrogen) atoms. The van der Waals surface area contributed by atoms with Crippen molar-refractivity contribution in [1.29, 1.82) is 0 Å². The maximum absolute atomic E-state index is 12.6. The normalized spacial score (nSPS) is 26.2. The molecule has 2 rings (SSSR count). The van der Waals surface area contributed by atoms with E-state index in [-0.39, 0.29) is 10.2 Å². The van der Waals surface area contributed by atoms with Gasteiger partial charge in [-0.15, -0.1) is 0 Å². The molecule has 0 unspecified atom stereocenters. The quantitative estimate of drug-likeness (QED) is 0.866. The number of nitrogens with two attached hydrogens (primary N) is 1. The van der Waals surface area contributed by atoms with E-state index in [9.17, 15) is 4.79 Å². The Morgan fingerprint density at radius 2 is 1.95 bits per heavy atom. The molecular formula is C15H28N2OS. The van der Waals surface area contributed by atoms with Gasteiger partial charge in [-0.25, -0.2) is 0 Å². The summed E-state index contributed by atoms with van der Waals surface area (Å²) < 4.78 is 0.205. The first-order valence-corrected chi connectivity index (χ1v) is 8.57. The Hall–Kier alpha value is -0.220. The molecule has 0 atom stereocenters. The second kappa shape index (κ2) is 6.04. The number of hydrogen-bond donors (Lipinski definition) is 1. The zero-order chi connectivity index (χ0) is 13.9. The van der Waals surface area contributed by atoms with Crippen LogP contribution in [-0.2, 0) is 4.79 Å². The Bertz CT molecular complexity index is 324. The van der Waals surface area contributed by atoms with Crippen molar-refractivity contribution in [3.05, 3.63) is 0 Å². The van der Waals surface area contributed by atoms with Gasteiger partial charge in [-0.1, -0.05) is 19.3 Å². The van der Waals surface area contributed by atoms with E-state index in [0.717, 1.165) is 31.7 Å². The Labute approximate surface area is 121 Å². The molecule has 0 spiro atoms. The summed E-state index contributed by atoms with van der Waals surface area (Å²) in [5, 5.41) is 0. The van der Waals surface area contributed by atoms with E-state index in [1.54, 1.807) is 0 Å². The van der Waals surface area contributed by atoms with Gasteiger partial charge >= 0.3 is 0 Å². The standard InChI is InChI=1S/C15H28N2OS/c1-14(2)12-17(8-9-19-14)13(18)10-15(11-16)6-4-3-5-7-15/h3-12,16H2,1-2H3. The molecule has 110 valence electrons. The van der Waals surface area contributed by atoms with Crippen LogP contribution in [0.15, 0.2) is 0 Å². The summed E-state index contributed by atoms with van der Waals surface area (Å²) >= 11 is 1.97. The monoisotopic (exact) mass is 284 g/mol. The van der Waals surface area contributed by atoms with E-state index in [0.29, 0.717) is 18.9 Å². The summed E-state index contributed by atoms with van der Waals surface area (Å²) in [4.78, 5) is 14.7. The van der Waals surface area contributed by atoms with Crippen LogP contribution in [0.25, 0.3) is 0 Å². The number of hydrogen-bond acceptors (Lipinski definition) is 3. The lowest BCUT2D eigenvalue weighted by Gasteiger charge is -2.41. The van der Waals surface area contributed by atoms with Crippen LogP contribution >= 0.6 is 11.8 Å². The fraction of sp³-hybridized carbons (Fsp3) is 0.933. The molecule has 0 bridgehead atoms. The number of thioether (sulfide) groups is 1. The Kier molecular flexibility index (Phi) is 4.83. The second-order valence-corrected chi connectivity index (χ2v) is 8.67. The van der Waals surface area contributed by atoms with Crippen LogP contribution < -0.4 is 5.73 Å². The van der Waals surface area contributed by atoms with Crippen molar-refractivity contribution in [2.75, 3.05) is 25.4 Å². The first-order chi connectivity index (χ1) is 8.96. The van der Waals surface area contributed by atoms with E-state index >= 15 is 0 Å². The number of carbonyl (C=O) groups excluding carboxylic acids is 1. The average Bonchev–Trinajstić information content (AvgIpc) is 2.38. The molecule has 0 aromatic rings. The molecule has 3 nitrogen and oxygen atoms in total. The number of nitrogens with zero attached hydrogens (tertiary/aromatic N) is 1. The molecule has 2 N–H and O–H groups in total. The van der Waals surface area contributed by atoms with Gasteiger partial charge < -0.3 is 10.6 Å². The van der Waals surface area contributed by atoms with Crippen LogP contribution in [0, 0.1) is 5.41 Å². The van der Waals surface area contributed by atoms with Crippen LogP contribution in [0.1, 0.15) is 52.4 Å². The van der Waals surface area contributed by atoms with Gasteiger partial charge in [-0.2, -0.15) is 11.8 Å². The molecule has 0 radical (unpaired) electrons. The van der Waals surface area contributed by atoms with E-state index in [2.05, 4.69) is 18.7 Å². The minimum absolute atomic E-state index is 0.101. The molecule has 1 heterocycles. The highest BCUT2D eigenvalue weighted by molar-refractivity contribution is 8.00. The molecule has 1 saturated heterocycles. The van der Waals surface area contributed by atoms with Gasteiger partial charge in [0.15, 0.2) is 0 Å². The van der Waals surface area contributed by atoms with Crippen molar-refractivity contribution in [1.82, 2.24) is 4.90 Å². The van der Waals surface area contributed by atoms with Gasteiger partial charge in [0, 0.05) is 30.0 Å². The molecule has 1 aliphatic heterocycles. The van der Waals surface area contributed by atoms with Gasteiger partial charge in [0.2, 0.25) is 5.91 Å². The van der Waals surface area contributed by atoms with E-state index in [1.165, 1.54) is 19.3 Å². The topological polar surface area (TPSA) is 46.3 Å². The van der Waals surface area contributed by atoms with E-state index < -0.39 is 0 Å². The third-order valence-corrected chi connectivity index (χ3v) is 5.95. The van der Waals surface area contributed by atoms with Crippen LogP contribution in [0.3, 0.4) is 0 Å². The van der Waals surface area contributed by atoms with E-state index in [1.807, 2.05) is 11.8 Å². The number of amides is 1. The molecule has 1 saturated carbocycles. The molecule has 2 fully saturated rings. The van der Waals surface area contributed by atoms with Crippen molar-refractivity contribution in [3.63, 3.8) is 0 Å². The van der Waals surface area contributed by atoms with Crippen LogP contribution in [0.4, 0.5) is 0 Å². The summed E-state index contributed by atoms with van der Waals surface area (Å²) in [6.07, 6.45) is 6.74. The molecule has 0 aromatic heterocycles. The SMILES string of the molecule is CC1(C)CN(C(=O)CC2(CN)CCCCC2)CCS1. The number of rotatable bonds is 3. The minimum Gasteiger partial charge on any atom is -0.340 e. The average molecular weight is 284 g/mol. The summed E-state index contributed by atoms with van der Waals surface area (Å²) in [7, 11) is 0. The Balaban J connectivity index is 1.95. The van der Waals surface area contributed by atoms with Gasteiger partial charge in [-0.3, -0.25) is 4.79 Å². The Morgan fingerprint density at radius 1 is 1.26 bits per heavy atom. The highest BCUT2D eigenvalue weighted by Gasteiger charge is 2.36. The highest BCUT2D eigenvalue weighted by atomic mass is 32.2. The Morgan fingerprint density at radius 3 is 2.53 bits per heavy atom. The van der Waals surface area contributed by atoms with Crippen LogP contribution in [0.5, 0.6) is 0 Å². The molecule has 2 aliphatic rings. The summed E-state index contributed by atoms with van der Waals surface area (Å²) in [5.41, 5.74) is 6.10. The van der Waals surface area contributed by atoms with Crippen LogP contribution in [0.2, 0.25) is 0 Å². The molecule has 4 heteroatoms. The summed E-state index contributed by atoms with van der Waals surface area (Å²) in [5.74, 6) is 1.40. The predicted octanol–water partition coefficient (Wildman–Crippen LogP) is 2.64. The zero-order valence-corrected chi connectivity index (χ0v) is 13.2. The smallest absolute Gasteiger partial charge is 0.223 e. The summed E-state index contributed by atoms with van der Waals surface area (Å²) in [6.45, 7) is 6.93. The molecule has 1 amide bonds. The molecule has 0 aromatic carbocycles. The highest BCUT2D eigenvalue weighted by Crippen LogP contribution is 2.39. The van der Waals surface area contributed by atoms with E-state index in [4.69, 9.17) is 5.73 Å². The largest absolute Gasteiger partial charge is 0.340 e. The lowest BCUT2D eigenvalue weighted by Crippen LogP contribution is -2.48. The third-order valence-electron chi connectivity index (χ3n) is 4.65. The lowest BCUT2D eigenvalue weighted by atomic mass is 9.71. The second-order valence-electron chi connectivity index (χ2n) is 6.87. The maximum Gasteiger partial charge on any atom is 0.223 e. The summed E-state index contributed by atoms with van der Waals surface area (Å²) in [6, 6.07) is 0. The maximum atomic E-state index is 12.6. The van der Waals surface area contributed by atoms with Gasteiger partial charge in [-0.05, 0) is 38.6 Å². The lowest BCUT2D eigenvalue weighted by molar-refractivity contribution is -0.134. The van der Waals surface area contributed by atoms with Crippen molar-refractivity contribution < 1.29 is 4.79 Å². The van der Waals surface area contributed by atoms with Crippen molar-refractivity contribution >= 4 is 17.7 Å². The van der Waals surface area contributed by atoms with Crippen molar-refractivity contribution in [2.24, 2.45) is 11.1 Å². The zero-order valence-electron chi connectivity index (χ0n) is 12.4. The van der Waals surface area contributed by atoms with Crippen molar-refractivity contribution in [2.45, 2.75) is 57.1 Å². The minimum atomic E-state index is 0.101. The predicted molar refractivity (Wildman–Crippen MR) is 82.3 cm³/mol. The van der Waals surface area contributed by atoms with Crippen LogP contribution in [-0.4, -0.2) is 40.9 Å². The van der Waals surface area contributed by atoms with Gasteiger partial charge in [0.1, 0.15) is 0 Å². The molecule has 1 aliphatic carbocycles. The first kappa shape index (κ1) is 15.2. The van der Waals surface area contributed by atoms with Gasteiger partial charge in [0.25, 0.3) is 0 Å². The third kappa shape index (κ3) is 3.88. The number of carbonyl (C=O) groups is 1. The fourth-order valence-electron chi connectivity index (χ4n) is 3.42. The molecular weight excluding hydrogens is 256 g/mol. The first-order valence-electron chi connectivity index (χ1n) is 7.58. The van der Waals surface area contributed by atoms with Gasteiger partial charge in [0.05, 0.1) is 0 Å². The fourth-order valence-corrected chi connectivity index (χ4v) is 4.53.